The third kappa shape index (κ3) is 1.73. The van der Waals surface area contributed by atoms with Gasteiger partial charge in [-0.2, -0.15) is 0 Å². The van der Waals surface area contributed by atoms with Crippen LogP contribution in [-0.2, 0) is 9.53 Å². The van der Waals surface area contributed by atoms with Crippen LogP contribution >= 0.6 is 0 Å². The first-order valence-electron chi connectivity index (χ1n) is 3.70. The van der Waals surface area contributed by atoms with Gasteiger partial charge < -0.3 is 25.2 Å². The van der Waals surface area contributed by atoms with E-state index in [9.17, 15) is 9.90 Å². The Morgan fingerprint density at radius 2 is 2.08 bits per heavy atom. The van der Waals surface area contributed by atoms with E-state index >= 15 is 0 Å². The second kappa shape index (κ2) is 3.63. The zero-order valence-electron chi connectivity index (χ0n) is 6.67. The number of carbonyl (C=O) groups excluding carboxylic acids is 1. The normalized spacial score (nSPS) is 24.8. The van der Waals surface area contributed by atoms with Crippen LogP contribution in [0.3, 0.4) is 0 Å². The highest BCUT2D eigenvalue weighted by Gasteiger charge is 2.38. The standard InChI is InChI=1S/C7H10O6/c8-2-1-3(9)6-4(10)5(11)7(12)13-6/h3,6,8-11H,1-2H2/t3-,6+/m0/s1. The molecule has 74 valence electrons. The molecule has 1 heterocycles. The minimum Gasteiger partial charge on any atom is -0.505 e. The van der Waals surface area contributed by atoms with Crippen molar-refractivity contribution in [2.24, 2.45) is 0 Å². The summed E-state index contributed by atoms with van der Waals surface area (Å²) >= 11 is 0. The molecule has 0 bridgehead atoms. The zero-order chi connectivity index (χ0) is 10.0. The SMILES string of the molecule is O=C1O[C@H]([C@@H](O)CCO)C(O)=C1O. The molecule has 1 rings (SSSR count). The quantitative estimate of drug-likeness (QED) is 0.424. The van der Waals surface area contributed by atoms with Crippen molar-refractivity contribution in [1.29, 1.82) is 0 Å². The van der Waals surface area contributed by atoms with Crippen LogP contribution in [0.25, 0.3) is 0 Å². The maximum Gasteiger partial charge on any atom is 0.377 e. The number of hydrogen-bond donors (Lipinski definition) is 4. The number of cyclic esters (lactones) is 1. The number of hydrogen-bond acceptors (Lipinski definition) is 6. The molecule has 0 saturated carbocycles. The molecule has 6 nitrogen and oxygen atoms in total. The van der Waals surface area contributed by atoms with E-state index in [-0.39, 0.29) is 13.0 Å². The molecule has 0 aliphatic carbocycles. The summed E-state index contributed by atoms with van der Waals surface area (Å²) in [6.45, 7) is -0.302. The molecule has 0 radical (unpaired) electrons. The molecule has 0 fully saturated rings. The van der Waals surface area contributed by atoms with Crippen LogP contribution in [0.1, 0.15) is 6.42 Å². The van der Waals surface area contributed by atoms with Crippen molar-refractivity contribution in [3.63, 3.8) is 0 Å². The molecular formula is C7H10O6. The third-order valence-corrected chi connectivity index (χ3v) is 1.71. The lowest BCUT2D eigenvalue weighted by atomic mass is 10.1. The molecule has 0 aromatic carbocycles. The van der Waals surface area contributed by atoms with Crippen molar-refractivity contribution in [2.75, 3.05) is 6.61 Å². The van der Waals surface area contributed by atoms with Crippen molar-refractivity contribution < 1.29 is 30.0 Å². The van der Waals surface area contributed by atoms with Gasteiger partial charge in [-0.3, -0.25) is 0 Å². The molecule has 0 amide bonds. The molecular weight excluding hydrogens is 180 g/mol. The van der Waals surface area contributed by atoms with Gasteiger partial charge in [0.1, 0.15) is 6.10 Å². The Kier molecular flexibility index (Phi) is 2.74. The van der Waals surface area contributed by atoms with Gasteiger partial charge >= 0.3 is 5.97 Å². The van der Waals surface area contributed by atoms with Gasteiger partial charge in [0.05, 0.1) is 0 Å². The number of rotatable bonds is 3. The summed E-state index contributed by atoms with van der Waals surface area (Å²) in [6.07, 6.45) is -2.52. The fourth-order valence-electron chi connectivity index (χ4n) is 1.01. The van der Waals surface area contributed by atoms with Crippen molar-refractivity contribution >= 4 is 5.97 Å². The average molecular weight is 190 g/mol. The molecule has 1 aliphatic rings. The van der Waals surface area contributed by atoms with E-state index < -0.39 is 29.7 Å². The Labute approximate surface area is 73.7 Å². The van der Waals surface area contributed by atoms with E-state index in [4.69, 9.17) is 15.3 Å². The molecule has 0 aromatic rings. The van der Waals surface area contributed by atoms with Crippen LogP contribution in [0, 0.1) is 0 Å². The Morgan fingerprint density at radius 1 is 1.46 bits per heavy atom. The fraction of sp³-hybridized carbons (Fsp3) is 0.571. The first-order valence-corrected chi connectivity index (χ1v) is 3.70. The summed E-state index contributed by atoms with van der Waals surface area (Å²) in [6, 6.07) is 0. The third-order valence-electron chi connectivity index (χ3n) is 1.71. The Hall–Kier alpha value is -1.27. The summed E-state index contributed by atoms with van der Waals surface area (Å²) in [5, 5.41) is 35.6. The summed E-state index contributed by atoms with van der Waals surface area (Å²) in [5.41, 5.74) is 0. The molecule has 0 saturated heterocycles. The van der Waals surface area contributed by atoms with Gasteiger partial charge in [0.25, 0.3) is 0 Å². The number of aliphatic hydroxyl groups is 4. The topological polar surface area (TPSA) is 107 Å². The van der Waals surface area contributed by atoms with Crippen molar-refractivity contribution in [1.82, 2.24) is 0 Å². The highest BCUT2D eigenvalue weighted by Crippen LogP contribution is 2.22. The highest BCUT2D eigenvalue weighted by molar-refractivity contribution is 5.89. The van der Waals surface area contributed by atoms with Gasteiger partial charge in [0.2, 0.25) is 5.76 Å². The fourth-order valence-corrected chi connectivity index (χ4v) is 1.01. The Balaban J connectivity index is 2.70. The highest BCUT2D eigenvalue weighted by atomic mass is 16.6. The van der Waals surface area contributed by atoms with Gasteiger partial charge in [0.15, 0.2) is 11.9 Å². The minimum atomic E-state index is -1.26. The van der Waals surface area contributed by atoms with Crippen LogP contribution in [0.5, 0.6) is 0 Å². The molecule has 13 heavy (non-hydrogen) atoms. The monoisotopic (exact) mass is 190 g/mol. The Morgan fingerprint density at radius 3 is 2.46 bits per heavy atom. The largest absolute Gasteiger partial charge is 0.505 e. The number of aliphatic hydroxyl groups excluding tert-OH is 4. The summed E-state index contributed by atoms with van der Waals surface area (Å²) in [7, 11) is 0. The molecule has 0 aromatic heterocycles. The lowest BCUT2D eigenvalue weighted by molar-refractivity contribution is -0.147. The van der Waals surface area contributed by atoms with E-state index in [1.807, 2.05) is 0 Å². The first kappa shape index (κ1) is 9.82. The van der Waals surface area contributed by atoms with Crippen molar-refractivity contribution in [3.05, 3.63) is 11.5 Å². The predicted molar refractivity (Wildman–Crippen MR) is 39.9 cm³/mol. The molecule has 2 atom stereocenters. The summed E-state index contributed by atoms with van der Waals surface area (Å²) in [5.74, 6) is -2.65. The van der Waals surface area contributed by atoms with Gasteiger partial charge in [-0.25, -0.2) is 4.79 Å². The maximum absolute atomic E-state index is 10.6. The molecule has 4 N–H and O–H groups in total. The van der Waals surface area contributed by atoms with Crippen LogP contribution in [-0.4, -0.2) is 45.2 Å². The first-order chi connectivity index (χ1) is 6.07. The van der Waals surface area contributed by atoms with Gasteiger partial charge in [0, 0.05) is 13.0 Å². The van der Waals surface area contributed by atoms with E-state index in [2.05, 4.69) is 4.74 Å². The number of ether oxygens (including phenoxy) is 1. The van der Waals surface area contributed by atoms with Crippen LogP contribution in [0.2, 0.25) is 0 Å². The lowest BCUT2D eigenvalue weighted by Gasteiger charge is -2.15. The molecule has 0 unspecified atom stereocenters. The zero-order valence-corrected chi connectivity index (χ0v) is 6.67. The van der Waals surface area contributed by atoms with Crippen LogP contribution in [0.4, 0.5) is 0 Å². The maximum atomic E-state index is 10.6. The van der Waals surface area contributed by atoms with E-state index in [0.717, 1.165) is 0 Å². The second-order valence-corrected chi connectivity index (χ2v) is 2.64. The van der Waals surface area contributed by atoms with Crippen LogP contribution in [0.15, 0.2) is 11.5 Å². The molecule has 1 aliphatic heterocycles. The van der Waals surface area contributed by atoms with Crippen LogP contribution < -0.4 is 0 Å². The van der Waals surface area contributed by atoms with E-state index in [1.165, 1.54) is 0 Å². The predicted octanol–water partition coefficient (Wildman–Crippen LogP) is -1.02. The molecule has 6 heteroatoms. The van der Waals surface area contributed by atoms with Gasteiger partial charge in [-0.05, 0) is 0 Å². The molecule has 0 spiro atoms. The second-order valence-electron chi connectivity index (χ2n) is 2.64. The minimum absolute atomic E-state index is 0.0463. The van der Waals surface area contributed by atoms with Crippen molar-refractivity contribution in [2.45, 2.75) is 18.6 Å². The van der Waals surface area contributed by atoms with Gasteiger partial charge in [-0.1, -0.05) is 0 Å². The van der Waals surface area contributed by atoms with Crippen molar-refractivity contribution in [3.8, 4) is 0 Å². The average Bonchev–Trinajstić information content (AvgIpc) is 2.33. The Bertz CT molecular complexity index is 245. The van der Waals surface area contributed by atoms with E-state index in [0.29, 0.717) is 0 Å². The number of esters is 1. The summed E-state index contributed by atoms with van der Waals surface area (Å²) < 4.78 is 4.43. The summed E-state index contributed by atoms with van der Waals surface area (Å²) in [4.78, 5) is 10.6. The van der Waals surface area contributed by atoms with E-state index in [1.54, 1.807) is 0 Å². The van der Waals surface area contributed by atoms with Gasteiger partial charge in [-0.15, -0.1) is 0 Å². The smallest absolute Gasteiger partial charge is 0.377 e. The number of carbonyl (C=O) groups is 1. The lowest BCUT2D eigenvalue weighted by Crippen LogP contribution is -2.29.